The van der Waals surface area contributed by atoms with Crippen molar-refractivity contribution in [2.45, 2.75) is 43.9 Å². The third-order valence-corrected chi connectivity index (χ3v) is 7.55. The Kier molecular flexibility index (Phi) is 8.41. The van der Waals surface area contributed by atoms with E-state index in [9.17, 15) is 14.4 Å². The lowest BCUT2D eigenvalue weighted by Crippen LogP contribution is -2.46. The predicted molar refractivity (Wildman–Crippen MR) is 137 cm³/mol. The van der Waals surface area contributed by atoms with E-state index in [1.165, 1.54) is 10.5 Å². The molecule has 2 heterocycles. The molecule has 2 aliphatic heterocycles. The van der Waals surface area contributed by atoms with Gasteiger partial charge in [0.15, 0.2) is 0 Å². The van der Waals surface area contributed by atoms with Gasteiger partial charge in [0.05, 0.1) is 12.5 Å². The van der Waals surface area contributed by atoms with E-state index >= 15 is 0 Å². The number of hydrogen-bond donors (Lipinski definition) is 0. The molecule has 0 bridgehead atoms. The second-order valence-corrected chi connectivity index (χ2v) is 9.85. The molecule has 1 atom stereocenters. The molecule has 0 N–H and O–H groups in total. The van der Waals surface area contributed by atoms with Crippen LogP contribution < -0.4 is 4.74 Å². The molecule has 2 aliphatic rings. The number of ether oxygens (including phenoxy) is 2. The molecule has 0 spiro atoms. The maximum Gasteiger partial charge on any atom is 0.241 e. The molecule has 7 nitrogen and oxygen atoms in total. The number of piperidine rings is 1. The molecule has 3 amide bonds. The van der Waals surface area contributed by atoms with Crippen molar-refractivity contribution in [1.29, 1.82) is 0 Å². The number of amides is 3. The highest BCUT2D eigenvalue weighted by molar-refractivity contribution is 6.11. The molecular weight excluding hydrogens is 456 g/mol. The van der Waals surface area contributed by atoms with Crippen LogP contribution in [0.1, 0.15) is 43.2 Å². The lowest BCUT2D eigenvalue weighted by atomic mass is 9.75. The first-order valence-corrected chi connectivity index (χ1v) is 12.8. The van der Waals surface area contributed by atoms with E-state index < -0.39 is 5.41 Å². The minimum atomic E-state index is -1.26. The van der Waals surface area contributed by atoms with Crippen molar-refractivity contribution >= 4 is 17.7 Å². The number of benzene rings is 2. The Bertz CT molecular complexity index is 1060. The van der Waals surface area contributed by atoms with Gasteiger partial charge in [0, 0.05) is 51.8 Å². The highest BCUT2D eigenvalue weighted by atomic mass is 16.5. The monoisotopic (exact) mass is 492 g/mol. The van der Waals surface area contributed by atoms with Gasteiger partial charge in [-0.1, -0.05) is 48.5 Å². The Morgan fingerprint density at radius 1 is 1.00 bits per heavy atom. The number of hydrogen-bond acceptors (Lipinski definition) is 5. The number of carbonyl (C=O) groups excluding carboxylic acids is 3. The second-order valence-electron chi connectivity index (χ2n) is 9.85. The molecule has 2 aromatic carbocycles. The Balaban J connectivity index is 1.51. The van der Waals surface area contributed by atoms with Crippen LogP contribution in [0.15, 0.2) is 54.6 Å². The summed E-state index contributed by atoms with van der Waals surface area (Å²) in [6, 6.07) is 17.7. The summed E-state index contributed by atoms with van der Waals surface area (Å²) in [4.78, 5) is 43.6. The van der Waals surface area contributed by atoms with E-state index in [1.54, 1.807) is 20.3 Å². The Labute approximate surface area is 213 Å². The fraction of sp³-hybridized carbons (Fsp3) is 0.483. The number of rotatable bonds is 10. The van der Waals surface area contributed by atoms with Crippen LogP contribution >= 0.6 is 0 Å². The van der Waals surface area contributed by atoms with E-state index in [0.717, 1.165) is 19.3 Å². The van der Waals surface area contributed by atoms with Gasteiger partial charge >= 0.3 is 0 Å². The molecule has 0 radical (unpaired) electrons. The topological polar surface area (TPSA) is 76.2 Å². The molecule has 4 rings (SSSR count). The average Bonchev–Trinajstić information content (AvgIpc) is 3.14. The molecule has 2 fully saturated rings. The Hall–Kier alpha value is -3.19. The lowest BCUT2D eigenvalue weighted by Gasteiger charge is -2.35. The van der Waals surface area contributed by atoms with Gasteiger partial charge in [-0.25, -0.2) is 0 Å². The summed E-state index contributed by atoms with van der Waals surface area (Å²) in [5.74, 6) is 0.396. The summed E-state index contributed by atoms with van der Waals surface area (Å²) >= 11 is 0. The first-order valence-electron chi connectivity index (χ1n) is 12.8. The van der Waals surface area contributed by atoms with Gasteiger partial charge in [0.2, 0.25) is 17.7 Å². The van der Waals surface area contributed by atoms with Crippen LogP contribution in [0.5, 0.6) is 5.75 Å². The molecule has 0 aromatic heterocycles. The fourth-order valence-electron chi connectivity index (χ4n) is 5.58. The standard InChI is InChI=1S/C29H36N2O5/c1-35-18-8-15-31-27(33)21-29(28(31)34,24-11-6-7-12-25(24)36-2)20-26(32)30-16-13-23(14-17-30)19-22-9-4-3-5-10-22/h3-7,9-12,23H,8,13-21H2,1-2H3. The molecule has 36 heavy (non-hydrogen) atoms. The van der Waals surface area contributed by atoms with Crippen LogP contribution in [-0.2, 0) is 31.0 Å². The van der Waals surface area contributed by atoms with E-state index in [-0.39, 0.29) is 37.1 Å². The van der Waals surface area contributed by atoms with Crippen molar-refractivity contribution in [3.63, 3.8) is 0 Å². The zero-order valence-electron chi connectivity index (χ0n) is 21.3. The first kappa shape index (κ1) is 25.9. The number of likely N-dealkylation sites (tertiary alicyclic amines) is 2. The van der Waals surface area contributed by atoms with Crippen LogP contribution in [0.25, 0.3) is 0 Å². The summed E-state index contributed by atoms with van der Waals surface area (Å²) in [5.41, 5.74) is 0.669. The number of nitrogens with zero attached hydrogens (tertiary/aromatic N) is 2. The van der Waals surface area contributed by atoms with Gasteiger partial charge in [0.1, 0.15) is 5.75 Å². The number of methoxy groups -OCH3 is 2. The smallest absolute Gasteiger partial charge is 0.241 e. The average molecular weight is 493 g/mol. The molecule has 0 aliphatic carbocycles. The highest BCUT2D eigenvalue weighted by Gasteiger charge is 2.55. The molecule has 2 aromatic rings. The molecule has 2 saturated heterocycles. The predicted octanol–water partition coefficient (Wildman–Crippen LogP) is 3.60. The van der Waals surface area contributed by atoms with Crippen LogP contribution in [0, 0.1) is 5.92 Å². The van der Waals surface area contributed by atoms with Crippen LogP contribution in [0.2, 0.25) is 0 Å². The van der Waals surface area contributed by atoms with E-state index in [0.29, 0.717) is 43.3 Å². The summed E-state index contributed by atoms with van der Waals surface area (Å²) in [7, 11) is 3.14. The van der Waals surface area contributed by atoms with E-state index in [4.69, 9.17) is 9.47 Å². The molecular formula is C29H36N2O5. The number of imide groups is 1. The normalized spacial score (nSPS) is 20.7. The quantitative estimate of drug-likeness (QED) is 0.374. The zero-order chi connectivity index (χ0) is 25.5. The van der Waals surface area contributed by atoms with E-state index in [1.807, 2.05) is 29.2 Å². The molecule has 192 valence electrons. The zero-order valence-corrected chi connectivity index (χ0v) is 21.3. The van der Waals surface area contributed by atoms with Gasteiger partial charge < -0.3 is 14.4 Å². The third-order valence-electron chi connectivity index (χ3n) is 7.55. The van der Waals surface area contributed by atoms with E-state index in [2.05, 4.69) is 24.3 Å². The number of para-hydroxylation sites is 1. The Morgan fingerprint density at radius 2 is 1.69 bits per heavy atom. The summed E-state index contributed by atoms with van der Waals surface area (Å²) in [6.45, 7) is 2.06. The third kappa shape index (κ3) is 5.46. The van der Waals surface area contributed by atoms with Crippen LogP contribution in [0.4, 0.5) is 0 Å². The first-order chi connectivity index (χ1) is 17.5. The lowest BCUT2D eigenvalue weighted by molar-refractivity contribution is -0.143. The van der Waals surface area contributed by atoms with Crippen molar-refractivity contribution < 1.29 is 23.9 Å². The van der Waals surface area contributed by atoms with Gasteiger partial charge in [-0.3, -0.25) is 19.3 Å². The second kappa shape index (κ2) is 11.7. The van der Waals surface area contributed by atoms with Crippen molar-refractivity contribution in [2.24, 2.45) is 5.92 Å². The largest absolute Gasteiger partial charge is 0.496 e. The maximum absolute atomic E-state index is 13.8. The summed E-state index contributed by atoms with van der Waals surface area (Å²) in [6.07, 6.45) is 3.35. The molecule has 1 unspecified atom stereocenters. The van der Waals surface area contributed by atoms with Gasteiger partial charge in [-0.15, -0.1) is 0 Å². The highest BCUT2D eigenvalue weighted by Crippen LogP contribution is 2.44. The van der Waals surface area contributed by atoms with Crippen LogP contribution in [-0.4, -0.2) is 68.0 Å². The van der Waals surface area contributed by atoms with Crippen molar-refractivity contribution in [2.75, 3.05) is 40.5 Å². The SMILES string of the molecule is COCCCN1C(=O)CC(CC(=O)N2CCC(Cc3ccccc3)CC2)(c2ccccc2OC)C1=O. The van der Waals surface area contributed by atoms with Crippen LogP contribution in [0.3, 0.4) is 0 Å². The van der Waals surface area contributed by atoms with Crippen molar-refractivity contribution in [3.05, 3.63) is 65.7 Å². The summed E-state index contributed by atoms with van der Waals surface area (Å²) in [5, 5.41) is 0. The fourth-order valence-corrected chi connectivity index (χ4v) is 5.58. The van der Waals surface area contributed by atoms with Crippen molar-refractivity contribution in [1.82, 2.24) is 9.80 Å². The number of carbonyl (C=O) groups is 3. The minimum Gasteiger partial charge on any atom is -0.496 e. The minimum absolute atomic E-state index is 0.0323. The van der Waals surface area contributed by atoms with Crippen molar-refractivity contribution in [3.8, 4) is 5.75 Å². The molecule has 7 heteroatoms. The van der Waals surface area contributed by atoms with Gasteiger partial charge in [-0.2, -0.15) is 0 Å². The van der Waals surface area contributed by atoms with Gasteiger partial charge in [-0.05, 0) is 43.2 Å². The maximum atomic E-state index is 13.8. The molecule has 0 saturated carbocycles. The van der Waals surface area contributed by atoms with Gasteiger partial charge in [0.25, 0.3) is 0 Å². The Morgan fingerprint density at radius 3 is 2.39 bits per heavy atom. The summed E-state index contributed by atoms with van der Waals surface area (Å²) < 4.78 is 10.7.